The number of benzene rings is 1. The highest BCUT2D eigenvalue weighted by atomic mass is 79.9. The summed E-state index contributed by atoms with van der Waals surface area (Å²) in [5.74, 6) is 0.684. The Morgan fingerprint density at radius 1 is 1.33 bits per heavy atom. The lowest BCUT2D eigenvalue weighted by atomic mass is 10.2. The van der Waals surface area contributed by atoms with E-state index in [1.165, 1.54) is 0 Å². The number of nitrogens with zero attached hydrogens (tertiary/aromatic N) is 1. The monoisotopic (exact) mass is 266 g/mol. The van der Waals surface area contributed by atoms with Crippen LogP contribution in [-0.4, -0.2) is 11.5 Å². The zero-order valence-electron chi connectivity index (χ0n) is 8.11. The van der Waals surface area contributed by atoms with Crippen LogP contribution in [0.5, 0.6) is 0 Å². The van der Waals surface area contributed by atoms with E-state index in [0.717, 1.165) is 15.7 Å². The summed E-state index contributed by atoms with van der Waals surface area (Å²) in [7, 11) is 0. The molecule has 0 bridgehead atoms. The van der Waals surface area contributed by atoms with Crippen LogP contribution in [0.2, 0.25) is 0 Å². The molecule has 78 valence electrons. The van der Waals surface area contributed by atoms with E-state index in [0.29, 0.717) is 18.9 Å². The molecule has 4 heteroatoms. The summed E-state index contributed by atoms with van der Waals surface area (Å²) in [6, 6.07) is 7.91. The summed E-state index contributed by atoms with van der Waals surface area (Å²) in [4.78, 5) is 4.35. The first-order valence-corrected chi connectivity index (χ1v) is 5.50. The fourth-order valence-electron chi connectivity index (χ4n) is 1.34. The zero-order chi connectivity index (χ0) is 10.7. The van der Waals surface area contributed by atoms with Crippen LogP contribution in [0.15, 0.2) is 39.4 Å². The first-order valence-electron chi connectivity index (χ1n) is 4.70. The average molecular weight is 267 g/mol. The van der Waals surface area contributed by atoms with Crippen LogP contribution < -0.4 is 5.73 Å². The molecule has 0 radical (unpaired) electrons. The molecule has 0 saturated heterocycles. The van der Waals surface area contributed by atoms with Crippen LogP contribution in [0.3, 0.4) is 0 Å². The summed E-state index contributed by atoms with van der Waals surface area (Å²) in [6.07, 6.45) is 2.33. The van der Waals surface area contributed by atoms with Gasteiger partial charge in [-0.3, -0.25) is 0 Å². The summed E-state index contributed by atoms with van der Waals surface area (Å²) in [5, 5.41) is 0. The van der Waals surface area contributed by atoms with E-state index in [4.69, 9.17) is 10.2 Å². The fraction of sp³-hybridized carbons (Fsp3) is 0.182. The Kier molecular flexibility index (Phi) is 3.18. The topological polar surface area (TPSA) is 52.0 Å². The lowest BCUT2D eigenvalue weighted by molar-refractivity contribution is 0.496. The van der Waals surface area contributed by atoms with Crippen molar-refractivity contribution in [1.82, 2.24) is 4.98 Å². The predicted molar refractivity (Wildman–Crippen MR) is 62.4 cm³/mol. The third-order valence-corrected chi connectivity index (χ3v) is 2.75. The van der Waals surface area contributed by atoms with E-state index >= 15 is 0 Å². The van der Waals surface area contributed by atoms with Crippen molar-refractivity contribution in [1.29, 1.82) is 0 Å². The SMILES string of the molecule is NCCc1nc(-c2ccccc2Br)co1. The maximum Gasteiger partial charge on any atom is 0.195 e. The van der Waals surface area contributed by atoms with Crippen molar-refractivity contribution in [2.45, 2.75) is 6.42 Å². The molecule has 0 spiro atoms. The van der Waals surface area contributed by atoms with Crippen molar-refractivity contribution < 1.29 is 4.42 Å². The normalized spacial score (nSPS) is 10.5. The number of rotatable bonds is 3. The van der Waals surface area contributed by atoms with Crippen LogP contribution in [0.1, 0.15) is 5.89 Å². The molecule has 0 saturated carbocycles. The predicted octanol–water partition coefficient (Wildman–Crippen LogP) is 2.61. The molecule has 0 amide bonds. The standard InChI is InChI=1S/C11H11BrN2O/c12-9-4-2-1-3-8(9)10-7-15-11(14-10)5-6-13/h1-4,7H,5-6,13H2. The minimum Gasteiger partial charge on any atom is -0.448 e. The molecule has 0 aliphatic heterocycles. The molecule has 2 rings (SSSR count). The number of halogens is 1. The van der Waals surface area contributed by atoms with Crippen molar-refractivity contribution in [2.24, 2.45) is 5.73 Å². The molecule has 0 fully saturated rings. The molecule has 0 atom stereocenters. The first-order chi connectivity index (χ1) is 7.31. The van der Waals surface area contributed by atoms with Crippen molar-refractivity contribution in [3.63, 3.8) is 0 Å². The van der Waals surface area contributed by atoms with Gasteiger partial charge in [0.25, 0.3) is 0 Å². The molecule has 1 aromatic heterocycles. The van der Waals surface area contributed by atoms with E-state index in [2.05, 4.69) is 20.9 Å². The van der Waals surface area contributed by atoms with Gasteiger partial charge in [-0.1, -0.05) is 34.1 Å². The molecule has 2 aromatic rings. The smallest absolute Gasteiger partial charge is 0.195 e. The van der Waals surface area contributed by atoms with Crippen LogP contribution >= 0.6 is 15.9 Å². The lowest BCUT2D eigenvalue weighted by Gasteiger charge is -1.97. The van der Waals surface area contributed by atoms with Gasteiger partial charge in [0.2, 0.25) is 0 Å². The molecule has 15 heavy (non-hydrogen) atoms. The Hall–Kier alpha value is -1.13. The van der Waals surface area contributed by atoms with E-state index in [1.54, 1.807) is 6.26 Å². The molecule has 1 heterocycles. The van der Waals surface area contributed by atoms with Gasteiger partial charge in [0.05, 0.1) is 0 Å². The third kappa shape index (κ3) is 2.27. The van der Waals surface area contributed by atoms with Gasteiger partial charge in [0, 0.05) is 23.0 Å². The molecule has 0 aliphatic carbocycles. The van der Waals surface area contributed by atoms with Gasteiger partial charge in [-0.25, -0.2) is 4.98 Å². The minimum atomic E-state index is 0.552. The van der Waals surface area contributed by atoms with Crippen molar-refractivity contribution >= 4 is 15.9 Å². The second-order valence-electron chi connectivity index (χ2n) is 3.15. The molecular weight excluding hydrogens is 256 g/mol. The van der Waals surface area contributed by atoms with Crippen molar-refractivity contribution in [2.75, 3.05) is 6.54 Å². The molecule has 3 nitrogen and oxygen atoms in total. The zero-order valence-corrected chi connectivity index (χ0v) is 9.70. The maximum absolute atomic E-state index is 5.43. The Labute approximate surface area is 96.4 Å². The summed E-state index contributed by atoms with van der Waals surface area (Å²) in [6.45, 7) is 0.552. The Balaban J connectivity index is 2.33. The molecule has 0 unspecified atom stereocenters. The summed E-state index contributed by atoms with van der Waals surface area (Å²) in [5.41, 5.74) is 7.30. The molecule has 2 N–H and O–H groups in total. The van der Waals surface area contributed by atoms with E-state index in [-0.39, 0.29) is 0 Å². The van der Waals surface area contributed by atoms with Gasteiger partial charge in [0.1, 0.15) is 12.0 Å². The van der Waals surface area contributed by atoms with Gasteiger partial charge < -0.3 is 10.2 Å². The minimum absolute atomic E-state index is 0.552. The van der Waals surface area contributed by atoms with Gasteiger partial charge >= 0.3 is 0 Å². The van der Waals surface area contributed by atoms with Gasteiger partial charge in [-0.2, -0.15) is 0 Å². The maximum atomic E-state index is 5.43. The lowest BCUT2D eigenvalue weighted by Crippen LogP contribution is -2.02. The van der Waals surface area contributed by atoms with E-state index < -0.39 is 0 Å². The first kappa shape index (κ1) is 10.4. The highest BCUT2D eigenvalue weighted by molar-refractivity contribution is 9.10. The van der Waals surface area contributed by atoms with Gasteiger partial charge in [-0.05, 0) is 6.07 Å². The third-order valence-electron chi connectivity index (χ3n) is 2.06. The van der Waals surface area contributed by atoms with Crippen LogP contribution in [0, 0.1) is 0 Å². The van der Waals surface area contributed by atoms with Crippen LogP contribution in [0.25, 0.3) is 11.3 Å². The number of hydrogen-bond acceptors (Lipinski definition) is 3. The molecule has 0 aliphatic rings. The number of aromatic nitrogens is 1. The quantitative estimate of drug-likeness (QED) is 0.929. The summed E-state index contributed by atoms with van der Waals surface area (Å²) < 4.78 is 6.31. The van der Waals surface area contributed by atoms with Crippen molar-refractivity contribution in [3.05, 3.63) is 40.9 Å². The Bertz CT molecular complexity index is 453. The largest absolute Gasteiger partial charge is 0.448 e. The van der Waals surface area contributed by atoms with Crippen molar-refractivity contribution in [3.8, 4) is 11.3 Å². The highest BCUT2D eigenvalue weighted by Crippen LogP contribution is 2.26. The van der Waals surface area contributed by atoms with E-state index in [9.17, 15) is 0 Å². The second kappa shape index (κ2) is 4.59. The van der Waals surface area contributed by atoms with Gasteiger partial charge in [0.15, 0.2) is 5.89 Å². The fourth-order valence-corrected chi connectivity index (χ4v) is 1.83. The van der Waals surface area contributed by atoms with Gasteiger partial charge in [-0.15, -0.1) is 0 Å². The number of oxazole rings is 1. The average Bonchev–Trinajstić information content (AvgIpc) is 2.68. The number of hydrogen-bond donors (Lipinski definition) is 1. The molecule has 1 aromatic carbocycles. The highest BCUT2D eigenvalue weighted by Gasteiger charge is 2.07. The second-order valence-corrected chi connectivity index (χ2v) is 4.00. The molecular formula is C11H11BrN2O. The Morgan fingerprint density at radius 2 is 2.13 bits per heavy atom. The summed E-state index contributed by atoms with van der Waals surface area (Å²) >= 11 is 3.47. The van der Waals surface area contributed by atoms with Crippen LogP contribution in [-0.2, 0) is 6.42 Å². The van der Waals surface area contributed by atoms with E-state index in [1.807, 2.05) is 24.3 Å². The van der Waals surface area contributed by atoms with Crippen LogP contribution in [0.4, 0.5) is 0 Å². The Morgan fingerprint density at radius 3 is 2.87 bits per heavy atom. The number of nitrogens with two attached hydrogens (primary N) is 1.